The number of nitrogens with zero attached hydrogens (tertiary/aromatic N) is 1. The highest BCUT2D eigenvalue weighted by Gasteiger charge is 2.29. The largest absolute Gasteiger partial charge is 0.328 e. The van der Waals surface area contributed by atoms with E-state index in [2.05, 4.69) is 0 Å². The summed E-state index contributed by atoms with van der Waals surface area (Å²) in [7, 11) is -3.00. The molecule has 106 valence electrons. The molecule has 1 saturated heterocycles. The zero-order chi connectivity index (χ0) is 13.2. The normalized spacial score (nSPS) is 35.6. The summed E-state index contributed by atoms with van der Waals surface area (Å²) in [6, 6.07) is 0.373. The van der Waals surface area contributed by atoms with Crippen LogP contribution in [0.5, 0.6) is 0 Å². The lowest BCUT2D eigenvalue weighted by Gasteiger charge is -2.35. The minimum atomic E-state index is -3.00. The third kappa shape index (κ3) is 3.93. The maximum atomic E-state index is 11.6. The highest BCUT2D eigenvalue weighted by molar-refractivity contribution is 7.88. The van der Waals surface area contributed by atoms with Gasteiger partial charge in [-0.2, -0.15) is 0 Å². The summed E-state index contributed by atoms with van der Waals surface area (Å²) in [5, 5.41) is 0. The first-order valence-corrected chi connectivity index (χ1v) is 9.00. The fraction of sp³-hybridized carbons (Fsp3) is 1.00. The second kappa shape index (κ2) is 5.88. The lowest BCUT2D eigenvalue weighted by molar-refractivity contribution is 0.201. The van der Waals surface area contributed by atoms with Gasteiger partial charge in [0.15, 0.2) is 0 Å². The predicted octanol–water partition coefficient (Wildman–Crippen LogP) is 1.57. The van der Waals surface area contributed by atoms with Crippen LogP contribution in [0.15, 0.2) is 0 Å². The second-order valence-electron chi connectivity index (χ2n) is 6.16. The van der Waals surface area contributed by atoms with E-state index in [0.717, 1.165) is 31.7 Å². The minimum absolute atomic E-state index is 0.373. The van der Waals surface area contributed by atoms with Gasteiger partial charge in [-0.15, -0.1) is 0 Å². The van der Waals surface area contributed by atoms with E-state index in [1.807, 2.05) is 0 Å². The molecule has 0 aromatic heterocycles. The van der Waals surface area contributed by atoms with Gasteiger partial charge in [0.2, 0.25) is 10.0 Å². The number of sulfonamides is 1. The summed E-state index contributed by atoms with van der Waals surface area (Å²) in [5.41, 5.74) is 6.02. The molecule has 2 aliphatic rings. The fourth-order valence-electron chi connectivity index (χ4n) is 3.54. The van der Waals surface area contributed by atoms with E-state index in [1.54, 1.807) is 4.31 Å². The number of rotatable bonds is 3. The van der Waals surface area contributed by atoms with Gasteiger partial charge in [0.25, 0.3) is 0 Å². The molecule has 1 heterocycles. The van der Waals surface area contributed by atoms with E-state index >= 15 is 0 Å². The second-order valence-corrected chi connectivity index (χ2v) is 8.14. The molecule has 2 fully saturated rings. The van der Waals surface area contributed by atoms with Gasteiger partial charge >= 0.3 is 0 Å². The minimum Gasteiger partial charge on any atom is -0.328 e. The summed E-state index contributed by atoms with van der Waals surface area (Å²) >= 11 is 0. The molecule has 3 atom stereocenters. The zero-order valence-electron chi connectivity index (χ0n) is 11.3. The van der Waals surface area contributed by atoms with Crippen LogP contribution in [0.1, 0.15) is 44.9 Å². The molecule has 0 spiro atoms. The molecule has 2 N–H and O–H groups in total. The predicted molar refractivity (Wildman–Crippen MR) is 73.7 cm³/mol. The molecule has 0 amide bonds. The molecule has 2 rings (SSSR count). The molecule has 3 unspecified atom stereocenters. The Labute approximate surface area is 111 Å². The Kier molecular flexibility index (Phi) is 4.67. The molecule has 5 heteroatoms. The highest BCUT2D eigenvalue weighted by Crippen LogP contribution is 2.32. The molecule has 4 nitrogen and oxygen atoms in total. The van der Waals surface area contributed by atoms with Crippen LogP contribution in [0, 0.1) is 11.8 Å². The lowest BCUT2D eigenvalue weighted by atomic mass is 9.79. The van der Waals surface area contributed by atoms with E-state index in [-0.39, 0.29) is 0 Å². The Balaban J connectivity index is 1.86. The Morgan fingerprint density at radius 1 is 1.17 bits per heavy atom. The van der Waals surface area contributed by atoms with Crippen LogP contribution in [0.2, 0.25) is 0 Å². The fourth-order valence-corrected chi connectivity index (χ4v) is 4.48. The van der Waals surface area contributed by atoms with Crippen molar-refractivity contribution in [1.82, 2.24) is 4.31 Å². The van der Waals surface area contributed by atoms with E-state index in [0.29, 0.717) is 18.5 Å². The van der Waals surface area contributed by atoms with Crippen molar-refractivity contribution in [2.75, 3.05) is 19.3 Å². The molecule has 0 radical (unpaired) electrons. The standard InChI is InChI=1S/C13H26N2O2S/c1-18(16,17)15-7-3-5-12(10-15)8-11-4-2-6-13(14)9-11/h11-13H,2-10,14H2,1H3. The number of hydrogen-bond donors (Lipinski definition) is 1. The van der Waals surface area contributed by atoms with Gasteiger partial charge in [-0.25, -0.2) is 12.7 Å². The Hall–Kier alpha value is -0.130. The number of nitrogens with two attached hydrogens (primary N) is 1. The first kappa shape index (κ1) is 14.3. The average molecular weight is 274 g/mol. The van der Waals surface area contributed by atoms with Crippen LogP contribution in [0.4, 0.5) is 0 Å². The van der Waals surface area contributed by atoms with E-state index in [9.17, 15) is 8.42 Å². The van der Waals surface area contributed by atoms with E-state index in [1.165, 1.54) is 31.9 Å². The van der Waals surface area contributed by atoms with Crippen molar-refractivity contribution in [2.24, 2.45) is 17.6 Å². The van der Waals surface area contributed by atoms with Gasteiger partial charge in [0, 0.05) is 19.1 Å². The smallest absolute Gasteiger partial charge is 0.211 e. The van der Waals surface area contributed by atoms with Crippen LogP contribution in [-0.4, -0.2) is 38.1 Å². The lowest BCUT2D eigenvalue weighted by Crippen LogP contribution is -2.40. The van der Waals surface area contributed by atoms with Gasteiger partial charge in [0.1, 0.15) is 0 Å². The van der Waals surface area contributed by atoms with Crippen molar-refractivity contribution >= 4 is 10.0 Å². The monoisotopic (exact) mass is 274 g/mol. The maximum Gasteiger partial charge on any atom is 0.211 e. The Bertz CT molecular complexity index is 369. The van der Waals surface area contributed by atoms with Gasteiger partial charge in [-0.1, -0.05) is 12.8 Å². The third-order valence-corrected chi connectivity index (χ3v) is 5.71. The van der Waals surface area contributed by atoms with Crippen molar-refractivity contribution in [1.29, 1.82) is 0 Å². The van der Waals surface area contributed by atoms with Crippen molar-refractivity contribution in [2.45, 2.75) is 51.0 Å². The highest BCUT2D eigenvalue weighted by atomic mass is 32.2. The quantitative estimate of drug-likeness (QED) is 0.849. The summed E-state index contributed by atoms with van der Waals surface area (Å²) in [6.07, 6.45) is 9.50. The molecule has 0 aromatic carbocycles. The van der Waals surface area contributed by atoms with Gasteiger partial charge in [0.05, 0.1) is 6.26 Å². The Morgan fingerprint density at radius 2 is 1.89 bits per heavy atom. The first-order chi connectivity index (χ1) is 8.45. The summed E-state index contributed by atoms with van der Waals surface area (Å²) in [4.78, 5) is 0. The molecule has 1 aliphatic carbocycles. The molecular formula is C13H26N2O2S. The number of hydrogen-bond acceptors (Lipinski definition) is 3. The molecule has 0 aromatic rings. The van der Waals surface area contributed by atoms with Crippen LogP contribution >= 0.6 is 0 Å². The molecule has 1 aliphatic heterocycles. The molecule has 0 bridgehead atoms. The maximum absolute atomic E-state index is 11.6. The van der Waals surface area contributed by atoms with Crippen molar-refractivity contribution in [3.05, 3.63) is 0 Å². The van der Waals surface area contributed by atoms with Crippen molar-refractivity contribution in [3.63, 3.8) is 0 Å². The summed E-state index contributed by atoms with van der Waals surface area (Å²) < 4.78 is 24.8. The van der Waals surface area contributed by atoms with Gasteiger partial charge < -0.3 is 5.73 Å². The first-order valence-electron chi connectivity index (χ1n) is 7.16. The van der Waals surface area contributed by atoms with Crippen molar-refractivity contribution in [3.8, 4) is 0 Å². The van der Waals surface area contributed by atoms with Crippen LogP contribution in [-0.2, 0) is 10.0 Å². The van der Waals surface area contributed by atoms with Gasteiger partial charge in [-0.05, 0) is 43.9 Å². The van der Waals surface area contributed by atoms with E-state index in [4.69, 9.17) is 5.73 Å². The van der Waals surface area contributed by atoms with Crippen LogP contribution in [0.3, 0.4) is 0 Å². The SMILES string of the molecule is CS(=O)(=O)N1CCCC(CC2CCCC(N)C2)C1. The number of piperidine rings is 1. The third-order valence-electron chi connectivity index (χ3n) is 4.44. The van der Waals surface area contributed by atoms with Crippen LogP contribution in [0.25, 0.3) is 0 Å². The summed E-state index contributed by atoms with van der Waals surface area (Å²) in [6.45, 7) is 1.43. The van der Waals surface area contributed by atoms with Gasteiger partial charge in [-0.3, -0.25) is 0 Å². The molecule has 18 heavy (non-hydrogen) atoms. The summed E-state index contributed by atoms with van der Waals surface area (Å²) in [5.74, 6) is 1.27. The van der Waals surface area contributed by atoms with Crippen LogP contribution < -0.4 is 5.73 Å². The topological polar surface area (TPSA) is 63.4 Å². The van der Waals surface area contributed by atoms with E-state index < -0.39 is 10.0 Å². The Morgan fingerprint density at radius 3 is 2.56 bits per heavy atom. The molecule has 1 saturated carbocycles. The molecular weight excluding hydrogens is 248 g/mol. The average Bonchev–Trinajstić information content (AvgIpc) is 2.28. The zero-order valence-corrected chi connectivity index (χ0v) is 12.2. The van der Waals surface area contributed by atoms with Crippen molar-refractivity contribution < 1.29 is 8.42 Å².